The Morgan fingerprint density at radius 1 is 1.00 bits per heavy atom. The van der Waals surface area contributed by atoms with Crippen LogP contribution in [-0.2, 0) is 17.8 Å². The highest BCUT2D eigenvalue weighted by atomic mass is 35.5. The molecule has 0 spiro atoms. The first-order valence-electron chi connectivity index (χ1n) is 12.3. The molecule has 8 nitrogen and oxygen atoms in total. The quantitative estimate of drug-likeness (QED) is 0.335. The van der Waals surface area contributed by atoms with Crippen molar-refractivity contribution < 1.29 is 19.1 Å². The predicted octanol–water partition coefficient (Wildman–Crippen LogP) is 5.20. The zero-order valence-corrected chi connectivity index (χ0v) is 21.8. The van der Waals surface area contributed by atoms with Crippen LogP contribution in [0.5, 0.6) is 5.75 Å². The van der Waals surface area contributed by atoms with Crippen molar-refractivity contribution >= 4 is 40.8 Å². The number of methoxy groups -OCH3 is 1. The van der Waals surface area contributed by atoms with Crippen molar-refractivity contribution in [2.75, 3.05) is 17.7 Å². The van der Waals surface area contributed by atoms with E-state index in [1.807, 2.05) is 24.3 Å². The second kappa shape index (κ2) is 11.4. The van der Waals surface area contributed by atoms with Gasteiger partial charge in [0.2, 0.25) is 5.91 Å². The Hall–Kier alpha value is -4.69. The molecule has 1 atom stereocenters. The van der Waals surface area contributed by atoms with Crippen molar-refractivity contribution in [3.63, 3.8) is 0 Å². The minimum atomic E-state index is -0.788. The van der Waals surface area contributed by atoms with Gasteiger partial charge in [-0.25, -0.2) is 4.98 Å². The molecule has 0 saturated heterocycles. The van der Waals surface area contributed by atoms with E-state index in [4.69, 9.17) is 16.3 Å². The first-order valence-corrected chi connectivity index (χ1v) is 12.6. The Labute approximate surface area is 230 Å². The maximum atomic E-state index is 13.8. The molecular formula is C30H25ClN4O4. The van der Waals surface area contributed by atoms with Crippen LogP contribution in [0.3, 0.4) is 0 Å². The summed E-state index contributed by atoms with van der Waals surface area (Å²) in [5, 5.41) is 6.05. The van der Waals surface area contributed by atoms with E-state index in [-0.39, 0.29) is 24.3 Å². The molecule has 0 saturated carbocycles. The molecule has 2 heterocycles. The van der Waals surface area contributed by atoms with Gasteiger partial charge in [0.1, 0.15) is 17.6 Å². The predicted molar refractivity (Wildman–Crippen MR) is 149 cm³/mol. The maximum Gasteiger partial charge on any atom is 0.256 e. The summed E-state index contributed by atoms with van der Waals surface area (Å²) in [6.07, 6.45) is 1.90. The minimum Gasteiger partial charge on any atom is -0.497 e. The fraction of sp³-hybridized carbons (Fsp3) is 0.133. The fourth-order valence-electron chi connectivity index (χ4n) is 4.41. The van der Waals surface area contributed by atoms with E-state index in [0.717, 1.165) is 11.1 Å². The van der Waals surface area contributed by atoms with Gasteiger partial charge in [-0.3, -0.25) is 14.4 Å². The molecule has 9 heteroatoms. The molecule has 0 radical (unpaired) electrons. The number of hydrogen-bond donors (Lipinski definition) is 2. The van der Waals surface area contributed by atoms with Gasteiger partial charge in [-0.05, 0) is 65.7 Å². The zero-order chi connectivity index (χ0) is 27.4. The van der Waals surface area contributed by atoms with Crippen LogP contribution < -0.4 is 15.4 Å². The molecule has 4 aromatic rings. The molecule has 1 unspecified atom stereocenters. The lowest BCUT2D eigenvalue weighted by molar-refractivity contribution is -0.120. The van der Waals surface area contributed by atoms with E-state index in [9.17, 15) is 14.4 Å². The Morgan fingerprint density at radius 2 is 1.74 bits per heavy atom. The summed E-state index contributed by atoms with van der Waals surface area (Å²) in [5.74, 6) is 0.245. The number of amides is 3. The molecule has 3 aromatic carbocycles. The number of halogens is 1. The number of nitrogens with one attached hydrogen (secondary N) is 2. The molecule has 3 amide bonds. The van der Waals surface area contributed by atoms with Crippen LogP contribution in [0.15, 0.2) is 91.1 Å². The average Bonchev–Trinajstić information content (AvgIpc) is 3.04. The lowest BCUT2D eigenvalue weighted by Gasteiger charge is -2.29. The molecule has 39 heavy (non-hydrogen) atoms. The normalized spacial score (nSPS) is 14.7. The van der Waals surface area contributed by atoms with Crippen LogP contribution >= 0.6 is 11.6 Å². The summed E-state index contributed by atoms with van der Waals surface area (Å²) in [6, 6.07) is 23.6. The van der Waals surface area contributed by atoms with Crippen molar-refractivity contribution in [2.45, 2.75) is 19.0 Å². The van der Waals surface area contributed by atoms with Crippen LogP contribution in [0.25, 0.3) is 0 Å². The number of carbonyl (C=O) groups is 3. The molecule has 1 aromatic heterocycles. The van der Waals surface area contributed by atoms with Gasteiger partial charge in [0.05, 0.1) is 18.4 Å². The number of rotatable bonds is 7. The molecule has 0 fully saturated rings. The third-order valence-electron chi connectivity index (χ3n) is 6.47. The number of aromatic nitrogens is 1. The van der Waals surface area contributed by atoms with Crippen LogP contribution in [0.4, 0.5) is 11.5 Å². The number of pyridine rings is 1. The third-order valence-corrected chi connectivity index (χ3v) is 6.71. The second-order valence-corrected chi connectivity index (χ2v) is 9.48. The summed E-state index contributed by atoms with van der Waals surface area (Å²) < 4.78 is 5.24. The molecule has 1 aliphatic rings. The Morgan fingerprint density at radius 3 is 2.44 bits per heavy atom. The van der Waals surface area contributed by atoms with Crippen molar-refractivity contribution in [3.05, 3.63) is 118 Å². The molecule has 196 valence electrons. The van der Waals surface area contributed by atoms with E-state index in [2.05, 4.69) is 15.6 Å². The molecule has 0 aliphatic carbocycles. The molecule has 1 aliphatic heterocycles. The molecule has 0 bridgehead atoms. The van der Waals surface area contributed by atoms with E-state index < -0.39 is 6.04 Å². The smallest absolute Gasteiger partial charge is 0.256 e. The minimum absolute atomic E-state index is 0.164. The first kappa shape index (κ1) is 25.9. The summed E-state index contributed by atoms with van der Waals surface area (Å²) in [6.45, 7) is 0.164. The first-order chi connectivity index (χ1) is 18.9. The monoisotopic (exact) mass is 540 g/mol. The lowest BCUT2D eigenvalue weighted by atomic mass is 10.0. The lowest BCUT2D eigenvalue weighted by Crippen LogP contribution is -2.46. The Balaban J connectivity index is 1.42. The largest absolute Gasteiger partial charge is 0.497 e. The summed E-state index contributed by atoms with van der Waals surface area (Å²) in [4.78, 5) is 45.5. The molecular weight excluding hydrogens is 516 g/mol. The van der Waals surface area contributed by atoms with Crippen molar-refractivity contribution in [1.82, 2.24) is 9.88 Å². The highest BCUT2D eigenvalue weighted by Gasteiger charge is 2.35. The third kappa shape index (κ3) is 5.91. The SMILES string of the molecule is COc1ccc(CC2C(=O)Nc3cc(Cl)ccc3C(=O)N2Cc2ccc(C(=O)Nc3ccccn3)cc2)cc1. The molecule has 2 N–H and O–H groups in total. The fourth-order valence-corrected chi connectivity index (χ4v) is 4.59. The van der Waals surface area contributed by atoms with E-state index in [1.54, 1.807) is 78.9 Å². The van der Waals surface area contributed by atoms with Gasteiger partial charge in [-0.1, -0.05) is 41.9 Å². The number of fused-ring (bicyclic) bond motifs is 1. The molecule has 5 rings (SSSR count). The van der Waals surface area contributed by atoms with E-state index in [0.29, 0.717) is 39.8 Å². The summed E-state index contributed by atoms with van der Waals surface area (Å²) in [5.41, 5.74) is 2.82. The van der Waals surface area contributed by atoms with Gasteiger partial charge in [0.15, 0.2) is 0 Å². The van der Waals surface area contributed by atoms with Gasteiger partial charge in [0.25, 0.3) is 11.8 Å². The number of benzene rings is 3. The Kier molecular flexibility index (Phi) is 7.56. The van der Waals surface area contributed by atoms with Gasteiger partial charge in [-0.2, -0.15) is 0 Å². The number of anilines is 2. The maximum absolute atomic E-state index is 13.8. The highest BCUT2D eigenvalue weighted by Crippen LogP contribution is 2.29. The van der Waals surface area contributed by atoms with Crippen LogP contribution in [0, 0.1) is 0 Å². The topological polar surface area (TPSA) is 101 Å². The van der Waals surface area contributed by atoms with Gasteiger partial charge in [-0.15, -0.1) is 0 Å². The van der Waals surface area contributed by atoms with Crippen LogP contribution in [-0.4, -0.2) is 40.8 Å². The number of nitrogens with zero attached hydrogens (tertiary/aromatic N) is 2. The summed E-state index contributed by atoms with van der Waals surface area (Å²) in [7, 11) is 1.59. The highest BCUT2D eigenvalue weighted by molar-refractivity contribution is 6.31. The van der Waals surface area contributed by atoms with Crippen molar-refractivity contribution in [2.24, 2.45) is 0 Å². The van der Waals surface area contributed by atoms with Gasteiger partial charge >= 0.3 is 0 Å². The number of carbonyl (C=O) groups excluding carboxylic acids is 3. The van der Waals surface area contributed by atoms with E-state index >= 15 is 0 Å². The van der Waals surface area contributed by atoms with Crippen LogP contribution in [0.2, 0.25) is 5.02 Å². The van der Waals surface area contributed by atoms with Crippen LogP contribution in [0.1, 0.15) is 31.8 Å². The summed E-state index contributed by atoms with van der Waals surface area (Å²) >= 11 is 6.15. The standard InChI is InChI=1S/C30H25ClN4O4/c1-39-23-12-7-19(8-13-23)16-26-29(37)33-25-17-22(31)11-14-24(25)30(38)35(26)18-20-5-9-21(10-6-20)28(36)34-27-4-2-3-15-32-27/h2-15,17,26H,16,18H2,1H3,(H,33,37)(H,32,34,36). The number of hydrogen-bond acceptors (Lipinski definition) is 5. The van der Waals surface area contributed by atoms with Gasteiger partial charge < -0.3 is 20.3 Å². The van der Waals surface area contributed by atoms with Crippen molar-refractivity contribution in [3.8, 4) is 5.75 Å². The number of ether oxygens (including phenoxy) is 1. The Bertz CT molecular complexity index is 1510. The van der Waals surface area contributed by atoms with Gasteiger partial charge in [0, 0.05) is 29.7 Å². The average molecular weight is 541 g/mol. The second-order valence-electron chi connectivity index (χ2n) is 9.05. The van der Waals surface area contributed by atoms with Crippen molar-refractivity contribution in [1.29, 1.82) is 0 Å². The zero-order valence-electron chi connectivity index (χ0n) is 21.1. The van der Waals surface area contributed by atoms with E-state index in [1.165, 1.54) is 0 Å².